The second kappa shape index (κ2) is 24.8. The molecular formula is C32H63BNO6S3+. The average Bonchev–Trinajstić information content (AvgIpc) is 2.95. The van der Waals surface area contributed by atoms with Crippen molar-refractivity contribution in [2.75, 3.05) is 73.6 Å². The monoisotopic (exact) mass is 664 g/mol. The van der Waals surface area contributed by atoms with Gasteiger partial charge in [-0.15, -0.1) is 11.8 Å². The van der Waals surface area contributed by atoms with Gasteiger partial charge in [0.1, 0.15) is 35.3 Å². The molecule has 0 aliphatic heterocycles. The Morgan fingerprint density at radius 2 is 1.35 bits per heavy atom. The second-order valence-electron chi connectivity index (χ2n) is 12.9. The Balaban J connectivity index is 4.97. The van der Waals surface area contributed by atoms with E-state index in [0.29, 0.717) is 46.4 Å². The van der Waals surface area contributed by atoms with E-state index in [9.17, 15) is 9.59 Å². The third-order valence-electron chi connectivity index (χ3n) is 7.77. The lowest BCUT2D eigenvalue weighted by molar-refractivity contribution is -0.870. The molecule has 0 spiro atoms. The summed E-state index contributed by atoms with van der Waals surface area (Å²) in [5, 5.41) is -0.693. The largest absolute Gasteiger partial charge is 0.462 e. The van der Waals surface area contributed by atoms with Crippen molar-refractivity contribution < 1.29 is 33.0 Å². The van der Waals surface area contributed by atoms with Gasteiger partial charge in [-0.2, -0.15) is 0 Å². The summed E-state index contributed by atoms with van der Waals surface area (Å²) in [6.45, 7) is 10.6. The van der Waals surface area contributed by atoms with Crippen molar-refractivity contribution in [3.8, 4) is 0 Å². The number of quaternary nitrogens is 1. The van der Waals surface area contributed by atoms with E-state index >= 15 is 0 Å². The van der Waals surface area contributed by atoms with E-state index in [-0.39, 0.29) is 18.5 Å². The van der Waals surface area contributed by atoms with Crippen molar-refractivity contribution in [2.45, 2.75) is 115 Å². The van der Waals surface area contributed by atoms with Crippen molar-refractivity contribution in [3.63, 3.8) is 0 Å². The molecule has 11 heteroatoms. The molecule has 0 heterocycles. The number of hydrogen-bond donors (Lipinski definition) is 0. The first-order valence-corrected chi connectivity index (χ1v) is 18.6. The van der Waals surface area contributed by atoms with Crippen LogP contribution >= 0.6 is 35.7 Å². The normalized spacial score (nSPS) is 14.5. The van der Waals surface area contributed by atoms with E-state index in [1.54, 1.807) is 18.9 Å². The van der Waals surface area contributed by atoms with Gasteiger partial charge in [0.25, 0.3) is 0 Å². The van der Waals surface area contributed by atoms with Crippen LogP contribution in [-0.2, 0) is 28.5 Å². The maximum Gasteiger partial charge on any atom is 0.321 e. The van der Waals surface area contributed by atoms with Gasteiger partial charge >= 0.3 is 11.9 Å². The standard InChI is InChI=1S/C32H63BNO6S3/c1-9-11-12-13-14-15-16-17-18-19-26-42-30(41)43-32(4,29(36)40-25-24-38-23-22-37-8)27-33-31(3,10-2)28(35)39-21-20-34(5,6)7/h33H,9-27H2,1-8H3/q+1. The fourth-order valence-corrected chi connectivity index (χ4v) is 7.34. The Morgan fingerprint density at radius 3 is 1.91 bits per heavy atom. The number of unbranched alkanes of at least 4 members (excludes halogenated alkanes) is 9. The summed E-state index contributed by atoms with van der Waals surface area (Å²) in [4.78, 5) is 26.5. The molecule has 0 aliphatic carbocycles. The first kappa shape index (κ1) is 42.7. The third kappa shape index (κ3) is 21.9. The number of likely N-dealkylation sites (N-methyl/N-ethyl adjacent to an activating group) is 1. The SMILES string of the molecule is CCCCCCCCCCCCSC(=S)SC(C)(CBC(C)(CC)C(=O)OCC[N+](C)(C)C)C(=O)OCCOCCOC. The third-order valence-corrected chi connectivity index (χ3v) is 10.7. The molecule has 43 heavy (non-hydrogen) atoms. The molecular weight excluding hydrogens is 601 g/mol. The van der Waals surface area contributed by atoms with Crippen LogP contribution in [0.1, 0.15) is 98.3 Å². The van der Waals surface area contributed by atoms with Crippen molar-refractivity contribution in [2.24, 2.45) is 0 Å². The molecule has 0 radical (unpaired) electrons. The Labute approximate surface area is 278 Å². The number of thiocarbonyl (C=S) groups is 1. The molecule has 0 N–H and O–H groups in total. The lowest BCUT2D eigenvalue weighted by Crippen LogP contribution is -2.41. The number of esters is 2. The summed E-state index contributed by atoms with van der Waals surface area (Å²) in [6, 6.07) is 0. The summed E-state index contributed by atoms with van der Waals surface area (Å²) in [7, 11) is 8.33. The minimum atomic E-state index is -0.909. The molecule has 0 saturated heterocycles. The Kier molecular flexibility index (Phi) is 24.7. The van der Waals surface area contributed by atoms with Gasteiger partial charge in [0.2, 0.25) is 0 Å². The minimum Gasteiger partial charge on any atom is -0.462 e. The Morgan fingerprint density at radius 1 is 0.791 bits per heavy atom. The lowest BCUT2D eigenvalue weighted by atomic mass is 9.48. The number of hydrogen-bond acceptors (Lipinski definition) is 9. The molecule has 0 fully saturated rings. The molecule has 252 valence electrons. The van der Waals surface area contributed by atoms with Crippen molar-refractivity contribution >= 4 is 58.5 Å². The average molecular weight is 665 g/mol. The van der Waals surface area contributed by atoms with Crippen LogP contribution in [0, 0.1) is 0 Å². The van der Waals surface area contributed by atoms with Crippen LogP contribution in [0.3, 0.4) is 0 Å². The number of carbonyl (C=O) groups is 2. The van der Waals surface area contributed by atoms with Gasteiger partial charge in [0.15, 0.2) is 0 Å². The van der Waals surface area contributed by atoms with Gasteiger partial charge in [-0.1, -0.05) is 109 Å². The number of nitrogens with zero attached hydrogens (tertiary/aromatic N) is 1. The van der Waals surface area contributed by atoms with E-state index in [4.69, 9.17) is 31.2 Å². The zero-order valence-corrected chi connectivity index (χ0v) is 31.2. The van der Waals surface area contributed by atoms with E-state index in [2.05, 4.69) is 28.1 Å². The van der Waals surface area contributed by atoms with Crippen molar-refractivity contribution in [1.29, 1.82) is 0 Å². The summed E-state index contributed by atoms with van der Waals surface area (Å²) < 4.78 is 22.3. The fourth-order valence-electron chi connectivity index (χ4n) is 4.27. The number of thioether (sulfide) groups is 2. The number of carbonyl (C=O) groups excluding carboxylic acids is 2. The molecule has 7 nitrogen and oxygen atoms in total. The summed E-state index contributed by atoms with van der Waals surface area (Å²) in [5.74, 6) is 0.409. The zero-order valence-electron chi connectivity index (χ0n) is 28.8. The molecule has 0 saturated carbocycles. The Hall–Kier alpha value is -0.325. The molecule has 0 aromatic rings. The lowest BCUT2D eigenvalue weighted by Gasteiger charge is -2.32. The van der Waals surface area contributed by atoms with Crippen LogP contribution in [0.5, 0.6) is 0 Å². The van der Waals surface area contributed by atoms with E-state index < -0.39 is 10.1 Å². The maximum atomic E-state index is 13.4. The Bertz CT molecular complexity index is 770. The van der Waals surface area contributed by atoms with Crippen LogP contribution in [0.4, 0.5) is 0 Å². The number of rotatable bonds is 27. The van der Waals surface area contributed by atoms with E-state index in [0.717, 1.165) is 26.7 Å². The smallest absolute Gasteiger partial charge is 0.321 e. The van der Waals surface area contributed by atoms with Gasteiger partial charge in [-0.05, 0) is 25.5 Å². The van der Waals surface area contributed by atoms with E-state index in [1.165, 1.54) is 69.5 Å². The molecule has 0 amide bonds. The molecule has 2 atom stereocenters. The molecule has 0 aromatic heterocycles. The molecule has 0 aromatic carbocycles. The van der Waals surface area contributed by atoms with Crippen LogP contribution in [0.25, 0.3) is 0 Å². The molecule has 0 bridgehead atoms. The maximum absolute atomic E-state index is 13.4. The van der Waals surface area contributed by atoms with E-state index in [1.807, 2.05) is 20.8 Å². The molecule has 2 unspecified atom stereocenters. The summed E-state index contributed by atoms with van der Waals surface area (Å²) in [6.07, 6.45) is 14.1. The fraction of sp³-hybridized carbons (Fsp3) is 0.906. The van der Waals surface area contributed by atoms with Crippen LogP contribution in [0.15, 0.2) is 0 Å². The molecule has 0 rings (SSSR count). The molecule has 0 aliphatic rings. The summed E-state index contributed by atoms with van der Waals surface area (Å²) >= 11 is 8.79. The highest BCUT2D eigenvalue weighted by Crippen LogP contribution is 2.40. The van der Waals surface area contributed by atoms with Crippen LogP contribution in [-0.4, -0.2) is 106 Å². The predicted octanol–water partition coefficient (Wildman–Crippen LogP) is 7.32. The highest BCUT2D eigenvalue weighted by atomic mass is 32.2. The topological polar surface area (TPSA) is 71.1 Å². The number of ether oxygens (including phenoxy) is 4. The van der Waals surface area contributed by atoms with Gasteiger partial charge in [0.05, 0.1) is 41.0 Å². The second-order valence-corrected chi connectivity index (χ2v) is 16.7. The van der Waals surface area contributed by atoms with Crippen molar-refractivity contribution in [1.82, 2.24) is 0 Å². The van der Waals surface area contributed by atoms with Crippen LogP contribution < -0.4 is 0 Å². The summed E-state index contributed by atoms with van der Waals surface area (Å²) in [5.41, 5.74) is 0. The van der Waals surface area contributed by atoms with Gasteiger partial charge in [0, 0.05) is 12.4 Å². The van der Waals surface area contributed by atoms with Gasteiger partial charge < -0.3 is 23.4 Å². The number of methoxy groups -OCH3 is 1. The highest BCUT2D eigenvalue weighted by Gasteiger charge is 2.42. The van der Waals surface area contributed by atoms with Gasteiger partial charge in [-0.25, -0.2) is 0 Å². The first-order valence-electron chi connectivity index (χ1n) is 16.4. The quantitative estimate of drug-likeness (QED) is 0.0296. The van der Waals surface area contributed by atoms with Gasteiger partial charge in [-0.3, -0.25) is 9.59 Å². The predicted molar refractivity (Wildman–Crippen MR) is 191 cm³/mol. The first-order chi connectivity index (χ1) is 20.3. The van der Waals surface area contributed by atoms with Crippen molar-refractivity contribution in [3.05, 3.63) is 0 Å². The van der Waals surface area contributed by atoms with Crippen LogP contribution in [0.2, 0.25) is 11.6 Å². The minimum absolute atomic E-state index is 0.162. The highest BCUT2D eigenvalue weighted by molar-refractivity contribution is 8.47. The zero-order chi connectivity index (χ0) is 32.6.